The largest absolute Gasteiger partial charge is 0.323 e. The molecular formula is C17H19IN4. The number of aryl methyl sites for hydroxylation is 1. The number of fused-ring (bicyclic) bond motifs is 3. The van der Waals surface area contributed by atoms with Gasteiger partial charge in [-0.15, -0.1) is 0 Å². The summed E-state index contributed by atoms with van der Waals surface area (Å²) in [5.41, 5.74) is 3.32. The molecule has 3 heterocycles. The topological polar surface area (TPSA) is 34.0 Å². The Morgan fingerprint density at radius 2 is 2.14 bits per heavy atom. The lowest BCUT2D eigenvalue weighted by molar-refractivity contribution is 0.213. The van der Waals surface area contributed by atoms with Crippen LogP contribution in [-0.4, -0.2) is 39.6 Å². The number of rotatable bonds is 1. The standard InChI is InChI=1S/C17H19IN4/c1-11-20-16-9-19-15-6-5-12(18)8-14(15)17(16)22(11)13-4-3-7-21(2)10-13/h5-6,8-9,13H,3-4,7,10H2,1-2H3/t13-/m0/s1. The number of hydrogen-bond acceptors (Lipinski definition) is 3. The van der Waals surface area contributed by atoms with Gasteiger partial charge in [0.25, 0.3) is 0 Å². The molecule has 0 unspecified atom stereocenters. The molecule has 0 N–H and O–H groups in total. The van der Waals surface area contributed by atoms with E-state index in [0.717, 1.165) is 23.4 Å². The SMILES string of the molecule is Cc1nc2cnc3ccc(I)cc3c2n1[C@H]1CCCN(C)C1. The van der Waals surface area contributed by atoms with Gasteiger partial charge in [0.05, 0.1) is 17.2 Å². The number of benzene rings is 1. The van der Waals surface area contributed by atoms with Crippen LogP contribution >= 0.6 is 22.6 Å². The van der Waals surface area contributed by atoms with E-state index < -0.39 is 0 Å². The summed E-state index contributed by atoms with van der Waals surface area (Å²) in [7, 11) is 2.21. The van der Waals surface area contributed by atoms with Crippen molar-refractivity contribution in [3.63, 3.8) is 0 Å². The zero-order valence-corrected chi connectivity index (χ0v) is 15.0. The summed E-state index contributed by atoms with van der Waals surface area (Å²) in [5, 5.41) is 1.22. The first kappa shape index (κ1) is 14.4. The third-order valence-electron chi connectivity index (χ3n) is 4.62. The van der Waals surface area contributed by atoms with E-state index in [0.29, 0.717) is 6.04 Å². The Bertz CT molecular complexity index is 855. The molecule has 5 heteroatoms. The molecule has 114 valence electrons. The molecule has 1 aliphatic heterocycles. The molecule has 1 aliphatic rings. The molecular weight excluding hydrogens is 387 g/mol. The van der Waals surface area contributed by atoms with E-state index in [2.05, 4.69) is 69.2 Å². The van der Waals surface area contributed by atoms with E-state index in [9.17, 15) is 0 Å². The number of likely N-dealkylation sites (tertiary alicyclic amines) is 1. The maximum absolute atomic E-state index is 4.77. The van der Waals surface area contributed by atoms with Gasteiger partial charge in [-0.25, -0.2) is 4.98 Å². The lowest BCUT2D eigenvalue weighted by atomic mass is 10.1. The van der Waals surface area contributed by atoms with Gasteiger partial charge < -0.3 is 9.47 Å². The minimum atomic E-state index is 0.507. The molecule has 0 radical (unpaired) electrons. The average Bonchev–Trinajstić information content (AvgIpc) is 2.83. The molecule has 0 aliphatic carbocycles. The number of hydrogen-bond donors (Lipinski definition) is 0. The first-order valence-corrected chi connectivity index (χ1v) is 8.83. The van der Waals surface area contributed by atoms with E-state index in [1.165, 1.54) is 33.9 Å². The predicted molar refractivity (Wildman–Crippen MR) is 98.3 cm³/mol. The van der Waals surface area contributed by atoms with Gasteiger partial charge in [-0.1, -0.05) is 0 Å². The van der Waals surface area contributed by atoms with Crippen molar-refractivity contribution in [2.45, 2.75) is 25.8 Å². The number of aromatic nitrogens is 3. The van der Waals surface area contributed by atoms with E-state index in [1.54, 1.807) is 0 Å². The summed E-state index contributed by atoms with van der Waals surface area (Å²) in [6.45, 7) is 4.41. The second-order valence-corrected chi connectivity index (χ2v) is 7.49. The highest BCUT2D eigenvalue weighted by Crippen LogP contribution is 2.31. The molecule has 1 aromatic carbocycles. The molecule has 0 amide bonds. The van der Waals surface area contributed by atoms with Gasteiger partial charge in [0.15, 0.2) is 0 Å². The fourth-order valence-corrected chi connectivity index (χ4v) is 4.15. The first-order valence-electron chi connectivity index (χ1n) is 7.75. The van der Waals surface area contributed by atoms with Gasteiger partial charge in [0, 0.05) is 21.5 Å². The Balaban J connectivity index is 2.00. The Hall–Kier alpha value is -1.21. The number of pyridine rings is 1. The Kier molecular flexibility index (Phi) is 3.57. The summed E-state index contributed by atoms with van der Waals surface area (Å²) in [6, 6.07) is 6.96. The molecule has 0 saturated carbocycles. The summed E-state index contributed by atoms with van der Waals surface area (Å²) >= 11 is 2.37. The summed E-state index contributed by atoms with van der Waals surface area (Å²) in [4.78, 5) is 11.8. The molecule has 1 saturated heterocycles. The number of halogens is 1. The van der Waals surface area contributed by atoms with Crippen molar-refractivity contribution in [3.05, 3.63) is 33.8 Å². The summed E-state index contributed by atoms with van der Waals surface area (Å²) in [6.07, 6.45) is 4.39. The molecule has 0 spiro atoms. The fraction of sp³-hybridized carbons (Fsp3) is 0.412. The molecule has 4 rings (SSSR count). The summed E-state index contributed by atoms with van der Waals surface area (Å²) < 4.78 is 3.69. The molecule has 3 aromatic rings. The van der Waals surface area contributed by atoms with E-state index in [-0.39, 0.29) is 0 Å². The Labute approximate surface area is 143 Å². The van der Waals surface area contributed by atoms with Crippen LogP contribution in [0.4, 0.5) is 0 Å². The van der Waals surface area contributed by atoms with Crippen LogP contribution in [0, 0.1) is 10.5 Å². The zero-order chi connectivity index (χ0) is 15.3. The average molecular weight is 406 g/mol. The van der Waals surface area contributed by atoms with Gasteiger partial charge >= 0.3 is 0 Å². The predicted octanol–water partition coefficient (Wildman–Crippen LogP) is 3.76. The third kappa shape index (κ3) is 2.31. The summed E-state index contributed by atoms with van der Waals surface area (Å²) in [5.74, 6) is 1.10. The second-order valence-electron chi connectivity index (χ2n) is 6.24. The van der Waals surface area contributed by atoms with Crippen LogP contribution in [0.25, 0.3) is 21.9 Å². The van der Waals surface area contributed by atoms with Crippen molar-refractivity contribution in [1.82, 2.24) is 19.4 Å². The van der Waals surface area contributed by atoms with Crippen molar-refractivity contribution in [1.29, 1.82) is 0 Å². The van der Waals surface area contributed by atoms with Crippen LogP contribution in [0.5, 0.6) is 0 Å². The van der Waals surface area contributed by atoms with Crippen LogP contribution in [0.2, 0.25) is 0 Å². The van der Waals surface area contributed by atoms with Gasteiger partial charge in [-0.3, -0.25) is 4.98 Å². The van der Waals surface area contributed by atoms with Gasteiger partial charge in [-0.2, -0.15) is 0 Å². The van der Waals surface area contributed by atoms with Crippen molar-refractivity contribution in [3.8, 4) is 0 Å². The maximum atomic E-state index is 4.77. The second kappa shape index (κ2) is 5.45. The van der Waals surface area contributed by atoms with Crippen molar-refractivity contribution >= 4 is 44.5 Å². The van der Waals surface area contributed by atoms with Crippen LogP contribution in [0.15, 0.2) is 24.4 Å². The number of imidazole rings is 1. The Morgan fingerprint density at radius 1 is 1.27 bits per heavy atom. The fourth-order valence-electron chi connectivity index (χ4n) is 3.66. The van der Waals surface area contributed by atoms with Crippen LogP contribution in [0.3, 0.4) is 0 Å². The highest BCUT2D eigenvalue weighted by Gasteiger charge is 2.23. The monoisotopic (exact) mass is 406 g/mol. The zero-order valence-electron chi connectivity index (χ0n) is 12.9. The van der Waals surface area contributed by atoms with E-state index >= 15 is 0 Å². The van der Waals surface area contributed by atoms with E-state index in [4.69, 9.17) is 4.98 Å². The van der Waals surface area contributed by atoms with Crippen LogP contribution < -0.4 is 0 Å². The normalized spacial score (nSPS) is 20.0. The van der Waals surface area contributed by atoms with E-state index in [1.807, 2.05) is 6.20 Å². The first-order chi connectivity index (χ1) is 10.6. The molecule has 1 fully saturated rings. The third-order valence-corrected chi connectivity index (χ3v) is 5.29. The lowest BCUT2D eigenvalue weighted by Crippen LogP contribution is -2.33. The molecule has 4 nitrogen and oxygen atoms in total. The quantitative estimate of drug-likeness (QED) is 0.578. The van der Waals surface area contributed by atoms with Crippen LogP contribution in [-0.2, 0) is 0 Å². The Morgan fingerprint density at radius 3 is 2.95 bits per heavy atom. The van der Waals surface area contributed by atoms with Gasteiger partial charge in [0.1, 0.15) is 11.3 Å². The van der Waals surface area contributed by atoms with Crippen molar-refractivity contribution < 1.29 is 0 Å². The smallest absolute Gasteiger partial charge is 0.108 e. The van der Waals surface area contributed by atoms with Crippen LogP contribution in [0.1, 0.15) is 24.7 Å². The van der Waals surface area contributed by atoms with Crippen molar-refractivity contribution in [2.24, 2.45) is 0 Å². The molecule has 22 heavy (non-hydrogen) atoms. The minimum Gasteiger partial charge on any atom is -0.323 e. The lowest BCUT2D eigenvalue weighted by Gasteiger charge is -2.31. The highest BCUT2D eigenvalue weighted by molar-refractivity contribution is 14.1. The van der Waals surface area contributed by atoms with Gasteiger partial charge in [-0.05, 0) is 74.1 Å². The maximum Gasteiger partial charge on any atom is 0.108 e. The highest BCUT2D eigenvalue weighted by atomic mass is 127. The molecule has 1 atom stereocenters. The van der Waals surface area contributed by atoms with Gasteiger partial charge in [0.2, 0.25) is 0 Å². The number of nitrogens with zero attached hydrogens (tertiary/aromatic N) is 4. The molecule has 2 aromatic heterocycles. The number of piperidine rings is 1. The number of likely N-dealkylation sites (N-methyl/N-ethyl adjacent to an activating group) is 1. The molecule has 0 bridgehead atoms. The minimum absolute atomic E-state index is 0.507. The van der Waals surface area contributed by atoms with Crippen molar-refractivity contribution in [2.75, 3.05) is 20.1 Å².